The molecule has 0 saturated heterocycles. The Morgan fingerprint density at radius 2 is 2.19 bits per heavy atom. The molecule has 1 rings (SSSR count). The molecular formula is C12H16N2O2. The van der Waals surface area contributed by atoms with Crippen molar-refractivity contribution in [3.8, 4) is 5.75 Å². The molecule has 0 aliphatic heterocycles. The summed E-state index contributed by atoms with van der Waals surface area (Å²) in [6.07, 6.45) is 3.31. The number of allylic oxidation sites excluding steroid dienone is 1. The van der Waals surface area contributed by atoms with Gasteiger partial charge in [-0.05, 0) is 26.0 Å². The molecule has 0 heterocycles. The lowest BCUT2D eigenvalue weighted by Crippen LogP contribution is -2.24. The van der Waals surface area contributed by atoms with E-state index >= 15 is 0 Å². The molecule has 2 amide bonds. The summed E-state index contributed by atoms with van der Waals surface area (Å²) < 4.78 is 5.38. The first-order chi connectivity index (χ1) is 7.77. The molecule has 4 heteroatoms. The Labute approximate surface area is 95.3 Å². The minimum Gasteiger partial charge on any atom is -0.492 e. The monoisotopic (exact) mass is 220 g/mol. The summed E-state index contributed by atoms with van der Waals surface area (Å²) in [6, 6.07) is 7.02. The molecule has 2 N–H and O–H groups in total. The highest BCUT2D eigenvalue weighted by molar-refractivity contribution is 5.91. The van der Waals surface area contributed by atoms with E-state index in [1.807, 2.05) is 32.0 Å². The van der Waals surface area contributed by atoms with Crippen LogP contribution >= 0.6 is 0 Å². The zero-order valence-corrected chi connectivity index (χ0v) is 9.49. The minimum atomic E-state index is -0.287. The summed E-state index contributed by atoms with van der Waals surface area (Å²) in [5.74, 6) is 0.667. The molecule has 0 aliphatic rings. The Kier molecular flexibility index (Phi) is 4.92. The van der Waals surface area contributed by atoms with Crippen molar-refractivity contribution < 1.29 is 9.53 Å². The molecule has 86 valence electrons. The summed E-state index contributed by atoms with van der Waals surface area (Å²) >= 11 is 0. The standard InChI is InChI=1S/C12H16N2O2/c1-3-9-13-12(15)14-10-7-5-6-8-11(10)16-4-2/h3,5-9H,4H2,1-2H3,(H2,13,14,15)/b9-3+. The number of rotatable bonds is 4. The Balaban J connectivity index is 2.68. The third-order valence-corrected chi connectivity index (χ3v) is 1.82. The quantitative estimate of drug-likeness (QED) is 0.819. The molecule has 4 nitrogen and oxygen atoms in total. The molecule has 0 fully saturated rings. The number of benzene rings is 1. The van der Waals surface area contributed by atoms with Crippen molar-refractivity contribution in [3.63, 3.8) is 0 Å². The van der Waals surface area contributed by atoms with Crippen LogP contribution in [0, 0.1) is 0 Å². The van der Waals surface area contributed by atoms with Gasteiger partial charge in [0.1, 0.15) is 5.75 Å². The van der Waals surface area contributed by atoms with Crippen LogP contribution in [0.25, 0.3) is 0 Å². The number of nitrogens with one attached hydrogen (secondary N) is 2. The highest BCUT2D eigenvalue weighted by Gasteiger charge is 2.04. The van der Waals surface area contributed by atoms with E-state index in [-0.39, 0.29) is 6.03 Å². The third kappa shape index (κ3) is 3.65. The van der Waals surface area contributed by atoms with Crippen LogP contribution in [0.5, 0.6) is 5.75 Å². The van der Waals surface area contributed by atoms with Gasteiger partial charge in [0.15, 0.2) is 0 Å². The zero-order valence-electron chi connectivity index (χ0n) is 9.49. The number of carbonyl (C=O) groups excluding carboxylic acids is 1. The van der Waals surface area contributed by atoms with E-state index in [4.69, 9.17) is 4.74 Å². The van der Waals surface area contributed by atoms with Crippen LogP contribution in [0.15, 0.2) is 36.5 Å². The summed E-state index contributed by atoms with van der Waals surface area (Å²) in [7, 11) is 0. The van der Waals surface area contributed by atoms with Crippen LogP contribution < -0.4 is 15.4 Å². The molecule has 0 atom stereocenters. The SMILES string of the molecule is C/C=C/NC(=O)Nc1ccccc1OCC. The topological polar surface area (TPSA) is 50.4 Å². The fourth-order valence-electron chi connectivity index (χ4n) is 1.17. The van der Waals surface area contributed by atoms with Gasteiger partial charge in [-0.3, -0.25) is 0 Å². The number of para-hydroxylation sites is 2. The molecular weight excluding hydrogens is 204 g/mol. The van der Waals surface area contributed by atoms with Crippen LogP contribution in [-0.4, -0.2) is 12.6 Å². The second-order valence-electron chi connectivity index (χ2n) is 3.03. The number of ether oxygens (including phenoxy) is 1. The average molecular weight is 220 g/mol. The van der Waals surface area contributed by atoms with Crippen LogP contribution in [0.2, 0.25) is 0 Å². The van der Waals surface area contributed by atoms with Gasteiger partial charge in [-0.25, -0.2) is 4.79 Å². The van der Waals surface area contributed by atoms with Gasteiger partial charge in [-0.1, -0.05) is 18.2 Å². The maximum Gasteiger partial charge on any atom is 0.323 e. The molecule has 0 bridgehead atoms. The Morgan fingerprint density at radius 1 is 1.44 bits per heavy atom. The maximum atomic E-state index is 11.4. The first kappa shape index (κ1) is 12.1. The second-order valence-corrected chi connectivity index (χ2v) is 3.03. The van der Waals surface area contributed by atoms with E-state index in [9.17, 15) is 4.79 Å². The lowest BCUT2D eigenvalue weighted by Gasteiger charge is -2.10. The van der Waals surface area contributed by atoms with E-state index in [0.29, 0.717) is 18.0 Å². The molecule has 0 aliphatic carbocycles. The molecule has 0 spiro atoms. The largest absolute Gasteiger partial charge is 0.492 e. The van der Waals surface area contributed by atoms with E-state index in [1.165, 1.54) is 0 Å². The number of amides is 2. The average Bonchev–Trinajstić information content (AvgIpc) is 2.29. The predicted octanol–water partition coefficient (Wildman–Crippen LogP) is 2.74. The maximum absolute atomic E-state index is 11.4. The number of anilines is 1. The van der Waals surface area contributed by atoms with Crippen molar-refractivity contribution in [3.05, 3.63) is 36.5 Å². The van der Waals surface area contributed by atoms with Gasteiger partial charge in [0.2, 0.25) is 0 Å². The van der Waals surface area contributed by atoms with Crippen LogP contribution in [-0.2, 0) is 0 Å². The molecule has 0 radical (unpaired) electrons. The summed E-state index contributed by atoms with van der Waals surface area (Å²) in [6.45, 7) is 4.29. The van der Waals surface area contributed by atoms with E-state index in [0.717, 1.165) is 0 Å². The predicted molar refractivity (Wildman–Crippen MR) is 64.6 cm³/mol. The second kappa shape index (κ2) is 6.50. The molecule has 1 aromatic carbocycles. The van der Waals surface area contributed by atoms with Crippen molar-refractivity contribution in [1.82, 2.24) is 5.32 Å². The highest BCUT2D eigenvalue weighted by atomic mass is 16.5. The van der Waals surface area contributed by atoms with Gasteiger partial charge in [0.25, 0.3) is 0 Å². The van der Waals surface area contributed by atoms with Crippen molar-refractivity contribution in [2.45, 2.75) is 13.8 Å². The van der Waals surface area contributed by atoms with E-state index in [2.05, 4.69) is 10.6 Å². The zero-order chi connectivity index (χ0) is 11.8. The number of urea groups is 1. The molecule has 0 aromatic heterocycles. The minimum absolute atomic E-state index is 0.287. The Morgan fingerprint density at radius 3 is 2.88 bits per heavy atom. The number of carbonyl (C=O) groups is 1. The van der Waals surface area contributed by atoms with Gasteiger partial charge >= 0.3 is 6.03 Å². The summed E-state index contributed by atoms with van der Waals surface area (Å²) in [4.78, 5) is 11.4. The van der Waals surface area contributed by atoms with Gasteiger partial charge in [-0.15, -0.1) is 0 Å². The van der Waals surface area contributed by atoms with E-state index < -0.39 is 0 Å². The molecule has 1 aromatic rings. The van der Waals surface area contributed by atoms with Crippen molar-refractivity contribution in [2.75, 3.05) is 11.9 Å². The van der Waals surface area contributed by atoms with Crippen molar-refractivity contribution in [2.24, 2.45) is 0 Å². The third-order valence-electron chi connectivity index (χ3n) is 1.82. The fourth-order valence-corrected chi connectivity index (χ4v) is 1.17. The molecule has 16 heavy (non-hydrogen) atoms. The highest BCUT2D eigenvalue weighted by Crippen LogP contribution is 2.23. The van der Waals surface area contributed by atoms with Gasteiger partial charge in [0.05, 0.1) is 12.3 Å². The van der Waals surface area contributed by atoms with Gasteiger partial charge < -0.3 is 15.4 Å². The summed E-state index contributed by atoms with van der Waals surface area (Å²) in [5.41, 5.74) is 0.659. The lowest BCUT2D eigenvalue weighted by atomic mass is 10.3. The Hall–Kier alpha value is -1.97. The number of hydrogen-bond acceptors (Lipinski definition) is 2. The van der Waals surface area contributed by atoms with Crippen LogP contribution in [0.1, 0.15) is 13.8 Å². The lowest BCUT2D eigenvalue weighted by molar-refractivity contribution is 0.255. The van der Waals surface area contributed by atoms with Gasteiger partial charge in [0, 0.05) is 6.20 Å². The van der Waals surface area contributed by atoms with E-state index in [1.54, 1.807) is 18.3 Å². The molecule has 0 unspecified atom stereocenters. The smallest absolute Gasteiger partial charge is 0.323 e. The van der Waals surface area contributed by atoms with Crippen molar-refractivity contribution >= 4 is 11.7 Å². The summed E-state index contributed by atoms with van der Waals surface area (Å²) in [5, 5.41) is 5.27. The molecule has 0 saturated carbocycles. The Bertz CT molecular complexity index is 375. The first-order valence-electron chi connectivity index (χ1n) is 5.18. The van der Waals surface area contributed by atoms with Crippen molar-refractivity contribution in [1.29, 1.82) is 0 Å². The fraction of sp³-hybridized carbons (Fsp3) is 0.250. The van der Waals surface area contributed by atoms with Gasteiger partial charge in [-0.2, -0.15) is 0 Å². The normalized spacial score (nSPS) is 10.1. The van der Waals surface area contributed by atoms with Crippen LogP contribution in [0.4, 0.5) is 10.5 Å². The van der Waals surface area contributed by atoms with Crippen LogP contribution in [0.3, 0.4) is 0 Å². The first-order valence-corrected chi connectivity index (χ1v) is 5.18. The number of hydrogen-bond donors (Lipinski definition) is 2.